The Morgan fingerprint density at radius 2 is 1.86 bits per heavy atom. The molecule has 1 aromatic carbocycles. The highest BCUT2D eigenvalue weighted by atomic mass is 16.4. The number of hydrogen-bond acceptors (Lipinski definition) is 6. The van der Waals surface area contributed by atoms with Gasteiger partial charge in [-0.25, -0.2) is 14.8 Å². The van der Waals surface area contributed by atoms with Crippen LogP contribution in [0.3, 0.4) is 0 Å². The van der Waals surface area contributed by atoms with Gasteiger partial charge in [-0.05, 0) is 25.1 Å². The van der Waals surface area contributed by atoms with Crippen LogP contribution in [0, 0.1) is 6.92 Å². The van der Waals surface area contributed by atoms with Gasteiger partial charge in [-0.2, -0.15) is 0 Å². The first-order valence-electron chi connectivity index (χ1n) is 6.15. The number of hydrogen-bond donors (Lipinski definition) is 2. The smallest absolute Gasteiger partial charge is 0.341 e. The molecule has 0 unspecified atom stereocenters. The van der Waals surface area contributed by atoms with Gasteiger partial charge < -0.3 is 10.8 Å². The third-order valence-corrected chi connectivity index (χ3v) is 3.06. The molecule has 3 N–H and O–H groups in total. The number of anilines is 1. The molecule has 0 amide bonds. The highest BCUT2D eigenvalue weighted by Gasteiger charge is 2.16. The summed E-state index contributed by atoms with van der Waals surface area (Å²) in [7, 11) is 0. The molecule has 0 fully saturated rings. The number of nitrogens with zero attached hydrogens (tertiary/aromatic N) is 4. The largest absolute Gasteiger partial charge is 0.477 e. The molecule has 21 heavy (non-hydrogen) atoms. The lowest BCUT2D eigenvalue weighted by molar-refractivity contribution is 0.0696. The van der Waals surface area contributed by atoms with Crippen molar-refractivity contribution >= 4 is 22.8 Å². The normalized spacial score (nSPS) is 10.7. The number of aromatic carboxylic acids is 1. The van der Waals surface area contributed by atoms with Crippen molar-refractivity contribution < 1.29 is 9.90 Å². The number of nitrogen functional groups attached to an aromatic ring is 1. The molecule has 0 saturated heterocycles. The zero-order chi connectivity index (χ0) is 15.0. The Bertz CT molecular complexity index is 840. The number of aryl methyl sites for hydroxylation is 1. The molecule has 0 atom stereocenters. The fourth-order valence-corrected chi connectivity index (χ4v) is 2.09. The van der Waals surface area contributed by atoms with Crippen LogP contribution < -0.4 is 5.73 Å². The maximum Gasteiger partial charge on any atom is 0.341 e. The summed E-state index contributed by atoms with van der Waals surface area (Å²) in [6.45, 7) is 1.59. The zero-order valence-electron chi connectivity index (χ0n) is 11.1. The average molecular weight is 281 g/mol. The molecule has 0 radical (unpaired) electrons. The van der Waals surface area contributed by atoms with Gasteiger partial charge in [0, 0.05) is 18.0 Å². The van der Waals surface area contributed by atoms with E-state index in [1.54, 1.807) is 37.5 Å². The molecule has 0 aliphatic carbocycles. The van der Waals surface area contributed by atoms with Crippen LogP contribution in [0.1, 0.15) is 16.1 Å². The molecular formula is C14H11N5O2. The second-order valence-electron chi connectivity index (χ2n) is 4.46. The Kier molecular flexibility index (Phi) is 2.94. The Balaban J connectivity index is 2.16. The minimum absolute atomic E-state index is 0.0516. The van der Waals surface area contributed by atoms with Crippen LogP contribution in [0.5, 0.6) is 0 Å². The van der Waals surface area contributed by atoms with Crippen molar-refractivity contribution in [2.45, 2.75) is 6.92 Å². The van der Waals surface area contributed by atoms with E-state index in [2.05, 4.69) is 19.9 Å². The van der Waals surface area contributed by atoms with Gasteiger partial charge in [0.15, 0.2) is 5.82 Å². The molecule has 2 aromatic heterocycles. The second-order valence-corrected chi connectivity index (χ2v) is 4.46. The number of carboxylic acids is 1. The molecule has 0 aliphatic rings. The third-order valence-electron chi connectivity index (χ3n) is 3.06. The van der Waals surface area contributed by atoms with Gasteiger partial charge in [0.25, 0.3) is 0 Å². The molecule has 7 nitrogen and oxygen atoms in total. The summed E-state index contributed by atoms with van der Waals surface area (Å²) in [5.41, 5.74) is 8.13. The lowest BCUT2D eigenvalue weighted by Gasteiger charge is -2.07. The maximum absolute atomic E-state index is 11.1. The third kappa shape index (κ3) is 2.25. The molecule has 0 bridgehead atoms. The van der Waals surface area contributed by atoms with E-state index >= 15 is 0 Å². The Morgan fingerprint density at radius 1 is 1.14 bits per heavy atom. The van der Waals surface area contributed by atoms with Gasteiger partial charge >= 0.3 is 5.97 Å². The topological polar surface area (TPSA) is 115 Å². The first-order chi connectivity index (χ1) is 10.1. The number of fused-ring (bicyclic) bond motifs is 1. The lowest BCUT2D eigenvalue weighted by atomic mass is 10.1. The molecule has 0 aliphatic heterocycles. The molecule has 104 valence electrons. The molecule has 0 spiro atoms. The van der Waals surface area contributed by atoms with Crippen LogP contribution in [-0.4, -0.2) is 31.0 Å². The predicted molar refractivity (Wildman–Crippen MR) is 76.7 cm³/mol. The summed E-state index contributed by atoms with van der Waals surface area (Å²) in [5, 5.41) is 9.07. The molecule has 2 heterocycles. The Hall–Kier alpha value is -3.09. The molecular weight excluding hydrogens is 270 g/mol. The minimum Gasteiger partial charge on any atom is -0.477 e. The summed E-state index contributed by atoms with van der Waals surface area (Å²) < 4.78 is 0. The summed E-state index contributed by atoms with van der Waals surface area (Å²) >= 11 is 0. The maximum atomic E-state index is 11.1. The molecule has 3 rings (SSSR count). The van der Waals surface area contributed by atoms with E-state index in [0.717, 1.165) is 5.52 Å². The van der Waals surface area contributed by atoms with Crippen molar-refractivity contribution in [3.63, 3.8) is 0 Å². The Morgan fingerprint density at radius 3 is 2.52 bits per heavy atom. The number of aromatic nitrogens is 4. The van der Waals surface area contributed by atoms with E-state index in [1.165, 1.54) is 0 Å². The number of carboxylic acid groups (broad SMARTS) is 1. The summed E-state index contributed by atoms with van der Waals surface area (Å²) in [5.74, 6) is -0.826. The van der Waals surface area contributed by atoms with Crippen LogP contribution in [0.15, 0.2) is 30.6 Å². The van der Waals surface area contributed by atoms with Crippen molar-refractivity contribution in [1.29, 1.82) is 0 Å². The van der Waals surface area contributed by atoms with Gasteiger partial charge in [-0.1, -0.05) is 0 Å². The van der Waals surface area contributed by atoms with E-state index in [-0.39, 0.29) is 11.4 Å². The molecule has 0 saturated carbocycles. The van der Waals surface area contributed by atoms with Crippen LogP contribution in [0.2, 0.25) is 0 Å². The summed E-state index contributed by atoms with van der Waals surface area (Å²) in [6.07, 6.45) is 3.21. The van der Waals surface area contributed by atoms with Gasteiger partial charge in [0.05, 0.1) is 16.7 Å². The van der Waals surface area contributed by atoms with E-state index < -0.39 is 5.97 Å². The monoisotopic (exact) mass is 281 g/mol. The van der Waals surface area contributed by atoms with Crippen molar-refractivity contribution in [2.75, 3.05) is 5.73 Å². The van der Waals surface area contributed by atoms with Gasteiger partial charge in [0.2, 0.25) is 0 Å². The Labute approximate surface area is 119 Å². The quantitative estimate of drug-likeness (QED) is 0.734. The van der Waals surface area contributed by atoms with Crippen LogP contribution in [0.25, 0.3) is 22.4 Å². The fraction of sp³-hybridized carbons (Fsp3) is 0.0714. The van der Waals surface area contributed by atoms with Gasteiger partial charge in [0.1, 0.15) is 11.4 Å². The van der Waals surface area contributed by atoms with Gasteiger partial charge in [-0.3, -0.25) is 9.97 Å². The molecule has 7 heteroatoms. The first-order valence-corrected chi connectivity index (χ1v) is 6.15. The van der Waals surface area contributed by atoms with Crippen molar-refractivity contribution in [1.82, 2.24) is 19.9 Å². The van der Waals surface area contributed by atoms with Gasteiger partial charge in [-0.15, -0.1) is 0 Å². The van der Waals surface area contributed by atoms with Crippen molar-refractivity contribution in [2.24, 2.45) is 0 Å². The minimum atomic E-state index is -1.14. The van der Waals surface area contributed by atoms with Crippen molar-refractivity contribution in [3.8, 4) is 11.4 Å². The molecule has 3 aromatic rings. The fourth-order valence-electron chi connectivity index (χ4n) is 2.09. The van der Waals surface area contributed by atoms with E-state index in [4.69, 9.17) is 10.8 Å². The average Bonchev–Trinajstić information content (AvgIpc) is 2.45. The number of rotatable bonds is 2. The van der Waals surface area contributed by atoms with Crippen LogP contribution in [-0.2, 0) is 0 Å². The highest BCUT2D eigenvalue weighted by molar-refractivity contribution is 5.94. The summed E-state index contributed by atoms with van der Waals surface area (Å²) in [4.78, 5) is 27.8. The zero-order valence-corrected chi connectivity index (χ0v) is 11.1. The predicted octanol–water partition coefficient (Wildman–Crippen LogP) is 1.68. The SMILES string of the molecule is Cc1nc(-c2ccc3nccnc3c2)nc(N)c1C(=O)O. The standard InChI is InChI=1S/C14H11N5O2/c1-7-11(14(20)21)12(15)19-13(18-7)8-2-3-9-10(6-8)17-5-4-16-9/h2-6H,1H3,(H,20,21)(H2,15,18,19). The number of benzene rings is 1. The van der Waals surface area contributed by atoms with E-state index in [9.17, 15) is 4.79 Å². The number of carbonyl (C=O) groups is 1. The van der Waals surface area contributed by atoms with Crippen LogP contribution in [0.4, 0.5) is 5.82 Å². The van der Waals surface area contributed by atoms with E-state index in [1.807, 2.05) is 0 Å². The summed E-state index contributed by atoms with van der Waals surface area (Å²) in [6, 6.07) is 5.39. The highest BCUT2D eigenvalue weighted by Crippen LogP contribution is 2.22. The van der Waals surface area contributed by atoms with Crippen LogP contribution >= 0.6 is 0 Å². The number of nitrogens with two attached hydrogens (primary N) is 1. The first kappa shape index (κ1) is 12.9. The van der Waals surface area contributed by atoms with E-state index in [0.29, 0.717) is 22.6 Å². The van der Waals surface area contributed by atoms with Crippen molar-refractivity contribution in [3.05, 3.63) is 41.9 Å². The second kappa shape index (κ2) is 4.78. The lowest BCUT2D eigenvalue weighted by Crippen LogP contribution is -2.10.